The molecule has 7 nitrogen and oxygen atoms in total. The van der Waals surface area contributed by atoms with Crippen LogP contribution in [0.15, 0.2) is 71.5 Å². The van der Waals surface area contributed by atoms with Crippen LogP contribution < -0.4 is 25.1 Å². The molecule has 1 heterocycles. The molecule has 0 saturated heterocycles. The molecule has 4 aromatic rings. The highest BCUT2D eigenvalue weighted by Crippen LogP contribution is 2.37. The van der Waals surface area contributed by atoms with Gasteiger partial charge in [-0.1, -0.05) is 36.4 Å². The Morgan fingerprint density at radius 3 is 2.25 bits per heavy atom. The highest BCUT2D eigenvalue weighted by atomic mass is 16.5. The van der Waals surface area contributed by atoms with Crippen LogP contribution in [0.4, 0.5) is 0 Å². The highest BCUT2D eigenvalue weighted by molar-refractivity contribution is 5.87. The van der Waals surface area contributed by atoms with Crippen LogP contribution in [0, 0.1) is 0 Å². The van der Waals surface area contributed by atoms with Gasteiger partial charge in [0, 0.05) is 35.2 Å². The largest absolute Gasteiger partial charge is 0.496 e. The van der Waals surface area contributed by atoms with Crippen molar-refractivity contribution in [2.75, 3.05) is 20.8 Å². The first-order chi connectivity index (χ1) is 17.6. The van der Waals surface area contributed by atoms with Crippen LogP contribution in [-0.2, 0) is 19.4 Å². The highest BCUT2D eigenvalue weighted by Gasteiger charge is 2.28. The molecule has 0 unspecified atom stereocenters. The number of pyridine rings is 1. The number of aliphatic hydroxyl groups excluding tert-OH is 1. The van der Waals surface area contributed by atoms with Crippen molar-refractivity contribution in [2.24, 2.45) is 0 Å². The van der Waals surface area contributed by atoms with Gasteiger partial charge in [-0.25, -0.2) is 0 Å². The van der Waals surface area contributed by atoms with Crippen LogP contribution in [0.5, 0.6) is 17.2 Å². The van der Waals surface area contributed by atoms with Gasteiger partial charge >= 0.3 is 0 Å². The lowest BCUT2D eigenvalue weighted by molar-refractivity contribution is 0.171. The zero-order chi connectivity index (χ0) is 25.1. The summed E-state index contributed by atoms with van der Waals surface area (Å²) in [5, 5.41) is 15.4. The number of benzene rings is 3. The van der Waals surface area contributed by atoms with Crippen molar-refractivity contribution in [3.63, 3.8) is 0 Å². The van der Waals surface area contributed by atoms with Crippen LogP contribution >= 0.6 is 0 Å². The van der Waals surface area contributed by atoms with Gasteiger partial charge in [-0.3, -0.25) is 4.79 Å². The molecular weight excluding hydrogens is 456 g/mol. The summed E-state index contributed by atoms with van der Waals surface area (Å²) in [5.74, 6) is 2.29. The minimum Gasteiger partial charge on any atom is -0.496 e. The zero-order valence-corrected chi connectivity index (χ0v) is 20.4. The number of aromatic nitrogens is 1. The van der Waals surface area contributed by atoms with Gasteiger partial charge in [0.25, 0.3) is 0 Å². The Morgan fingerprint density at radius 1 is 0.917 bits per heavy atom. The fraction of sp³-hybridized carbons (Fsp3) is 0.276. The molecule has 0 spiro atoms. The Labute approximate surface area is 209 Å². The van der Waals surface area contributed by atoms with Crippen molar-refractivity contribution in [1.29, 1.82) is 0 Å². The fourth-order valence-electron chi connectivity index (χ4n) is 4.97. The summed E-state index contributed by atoms with van der Waals surface area (Å²) in [6.45, 7) is 0.743. The number of aliphatic hydroxyl groups is 1. The lowest BCUT2D eigenvalue weighted by atomic mass is 10.0. The molecule has 3 aromatic carbocycles. The fourth-order valence-corrected chi connectivity index (χ4v) is 4.97. The van der Waals surface area contributed by atoms with Gasteiger partial charge in [0.15, 0.2) is 0 Å². The van der Waals surface area contributed by atoms with Gasteiger partial charge in [-0.05, 0) is 48.2 Å². The van der Waals surface area contributed by atoms with Gasteiger partial charge in [0.05, 0.1) is 25.8 Å². The van der Waals surface area contributed by atoms with E-state index >= 15 is 0 Å². The normalized spacial score (nSPS) is 14.0. The molecule has 7 heteroatoms. The van der Waals surface area contributed by atoms with E-state index in [2.05, 4.69) is 10.3 Å². The molecule has 5 rings (SSSR count). The molecule has 0 amide bonds. The van der Waals surface area contributed by atoms with Crippen LogP contribution in [0.25, 0.3) is 10.9 Å². The SMILES string of the molecule is COc1ccc(OC)c2c1CC(NC[C@H](O)c1ccc(OCc3ccccc3)c3[nH]c(=O)ccc13)C2. The first-order valence-corrected chi connectivity index (χ1v) is 12.0. The molecule has 1 atom stereocenters. The number of methoxy groups -OCH3 is 2. The van der Waals surface area contributed by atoms with Gasteiger partial charge < -0.3 is 29.6 Å². The third-order valence-corrected chi connectivity index (χ3v) is 6.77. The van der Waals surface area contributed by atoms with E-state index in [1.165, 1.54) is 6.07 Å². The van der Waals surface area contributed by atoms with Crippen molar-refractivity contribution < 1.29 is 19.3 Å². The lowest BCUT2D eigenvalue weighted by Crippen LogP contribution is -2.33. The van der Waals surface area contributed by atoms with E-state index in [0.717, 1.165) is 52.0 Å². The Hall–Kier alpha value is -3.81. The summed E-state index contributed by atoms with van der Waals surface area (Å²) in [5.41, 5.74) is 4.41. The van der Waals surface area contributed by atoms with E-state index in [-0.39, 0.29) is 11.6 Å². The molecule has 1 aliphatic carbocycles. The Kier molecular flexibility index (Phi) is 6.93. The van der Waals surface area contributed by atoms with Crippen molar-refractivity contribution in [3.8, 4) is 17.2 Å². The summed E-state index contributed by atoms with van der Waals surface area (Å²) in [6.07, 6.45) is 0.819. The van der Waals surface area contributed by atoms with E-state index in [4.69, 9.17) is 14.2 Å². The smallest absolute Gasteiger partial charge is 0.248 e. The van der Waals surface area contributed by atoms with Gasteiger partial charge in [0.1, 0.15) is 23.9 Å². The molecule has 0 bridgehead atoms. The third kappa shape index (κ3) is 4.80. The average Bonchev–Trinajstić information content (AvgIpc) is 3.34. The molecule has 186 valence electrons. The molecule has 0 radical (unpaired) electrons. The number of hydrogen-bond acceptors (Lipinski definition) is 6. The van der Waals surface area contributed by atoms with Gasteiger partial charge in [-0.15, -0.1) is 0 Å². The van der Waals surface area contributed by atoms with E-state index in [1.807, 2.05) is 48.5 Å². The van der Waals surface area contributed by atoms with Crippen LogP contribution in [0.1, 0.15) is 28.4 Å². The summed E-state index contributed by atoms with van der Waals surface area (Å²) >= 11 is 0. The second kappa shape index (κ2) is 10.4. The maximum absolute atomic E-state index is 12.1. The van der Waals surface area contributed by atoms with E-state index in [0.29, 0.717) is 24.4 Å². The molecule has 1 aliphatic rings. The summed E-state index contributed by atoms with van der Waals surface area (Å²) < 4.78 is 17.1. The maximum Gasteiger partial charge on any atom is 0.248 e. The first-order valence-electron chi connectivity index (χ1n) is 12.0. The summed E-state index contributed by atoms with van der Waals surface area (Å²) in [6, 6.07) is 20.7. The summed E-state index contributed by atoms with van der Waals surface area (Å²) in [4.78, 5) is 15.0. The van der Waals surface area contributed by atoms with Crippen LogP contribution in [0.3, 0.4) is 0 Å². The molecule has 0 fully saturated rings. The van der Waals surface area contributed by atoms with E-state index in [9.17, 15) is 9.90 Å². The number of aromatic amines is 1. The average molecular weight is 487 g/mol. The van der Waals surface area contributed by atoms with Gasteiger partial charge in [0.2, 0.25) is 5.56 Å². The van der Waals surface area contributed by atoms with Crippen LogP contribution in [-0.4, -0.2) is 36.9 Å². The van der Waals surface area contributed by atoms with Crippen molar-refractivity contribution >= 4 is 10.9 Å². The number of nitrogens with one attached hydrogen (secondary N) is 2. The molecule has 36 heavy (non-hydrogen) atoms. The predicted molar refractivity (Wildman–Crippen MR) is 139 cm³/mol. The predicted octanol–water partition coefficient (Wildman–Crippen LogP) is 3.91. The van der Waals surface area contributed by atoms with Crippen molar-refractivity contribution in [3.05, 3.63) is 99.3 Å². The zero-order valence-electron chi connectivity index (χ0n) is 20.4. The van der Waals surface area contributed by atoms with Crippen molar-refractivity contribution in [2.45, 2.75) is 31.6 Å². The minimum absolute atomic E-state index is 0.152. The van der Waals surface area contributed by atoms with Crippen LogP contribution in [0.2, 0.25) is 0 Å². The van der Waals surface area contributed by atoms with E-state index in [1.54, 1.807) is 26.4 Å². The van der Waals surface area contributed by atoms with E-state index < -0.39 is 6.10 Å². The number of hydrogen-bond donors (Lipinski definition) is 3. The standard InChI is InChI=1S/C29H30N2O5/c1-34-25-11-12-26(35-2)23-15-19(14-22(23)25)30-16-24(32)20-8-10-27(29-21(20)9-13-28(33)31-29)36-17-18-6-4-3-5-7-18/h3-13,19,24,30,32H,14-17H2,1-2H3,(H,31,33)/t24-/m0/s1. The second-order valence-corrected chi connectivity index (χ2v) is 8.99. The number of ether oxygens (including phenoxy) is 3. The first kappa shape index (κ1) is 23.9. The third-order valence-electron chi connectivity index (χ3n) is 6.77. The monoisotopic (exact) mass is 486 g/mol. The summed E-state index contributed by atoms with van der Waals surface area (Å²) in [7, 11) is 3.35. The lowest BCUT2D eigenvalue weighted by Gasteiger charge is -2.19. The Morgan fingerprint density at radius 2 is 1.58 bits per heavy atom. The quantitative estimate of drug-likeness (QED) is 0.332. The number of H-pyrrole nitrogens is 1. The van der Waals surface area contributed by atoms with Crippen molar-refractivity contribution in [1.82, 2.24) is 10.3 Å². The second-order valence-electron chi connectivity index (χ2n) is 8.99. The molecule has 0 aliphatic heterocycles. The molecule has 3 N–H and O–H groups in total. The molecular formula is C29H30N2O5. The van der Waals surface area contributed by atoms with Gasteiger partial charge in [-0.2, -0.15) is 0 Å². The molecule has 1 aromatic heterocycles. The Bertz CT molecular complexity index is 1380. The number of fused-ring (bicyclic) bond motifs is 2. The molecule has 0 saturated carbocycles. The minimum atomic E-state index is -0.769. The topological polar surface area (TPSA) is 92.8 Å². The number of rotatable bonds is 9. The Balaban J connectivity index is 1.32. The maximum atomic E-state index is 12.1.